The van der Waals surface area contributed by atoms with Crippen molar-refractivity contribution in [2.45, 2.75) is 25.9 Å². The molecule has 0 aliphatic heterocycles. The van der Waals surface area contributed by atoms with Crippen LogP contribution < -0.4 is 0 Å². The van der Waals surface area contributed by atoms with E-state index in [1.165, 1.54) is 6.92 Å². The highest BCUT2D eigenvalue weighted by Gasteiger charge is 2.02. The molecule has 1 atom stereocenters. The predicted molar refractivity (Wildman–Crippen MR) is 54.2 cm³/mol. The van der Waals surface area contributed by atoms with Gasteiger partial charge in [-0.1, -0.05) is 0 Å². The molecule has 0 bridgehead atoms. The van der Waals surface area contributed by atoms with Gasteiger partial charge < -0.3 is 25.2 Å². The molecule has 100 valence electrons. The largest absolute Gasteiger partial charge is 0.481 e. The van der Waals surface area contributed by atoms with Crippen molar-refractivity contribution >= 4 is 17.9 Å². The zero-order chi connectivity index (χ0) is 13.8. The topological polar surface area (TPSA) is 141 Å². The number of carbonyl (C=O) groups excluding carboxylic acids is 1. The number of rotatable bonds is 6. The minimum atomic E-state index is -1.08. The van der Waals surface area contributed by atoms with Crippen LogP contribution in [-0.4, -0.2) is 57.7 Å². The molecule has 8 nitrogen and oxygen atoms in total. The van der Waals surface area contributed by atoms with Crippen LogP contribution >= 0.6 is 0 Å². The lowest BCUT2D eigenvalue weighted by Gasteiger charge is -2.05. The van der Waals surface area contributed by atoms with Crippen LogP contribution in [0.3, 0.4) is 0 Å². The summed E-state index contributed by atoms with van der Waals surface area (Å²) in [7, 11) is 0. The van der Waals surface area contributed by atoms with Crippen molar-refractivity contribution in [3.05, 3.63) is 0 Å². The SMILES string of the molecule is CC(=O)OCC(O)CO.O=C(O)CCC(=O)O. The van der Waals surface area contributed by atoms with Gasteiger partial charge in [0.15, 0.2) is 0 Å². The van der Waals surface area contributed by atoms with Crippen LogP contribution in [0.5, 0.6) is 0 Å². The van der Waals surface area contributed by atoms with E-state index in [0.29, 0.717) is 0 Å². The minimum Gasteiger partial charge on any atom is -0.481 e. The van der Waals surface area contributed by atoms with E-state index in [-0.39, 0.29) is 26.1 Å². The summed E-state index contributed by atoms with van der Waals surface area (Å²) >= 11 is 0. The van der Waals surface area contributed by atoms with Gasteiger partial charge in [0.2, 0.25) is 0 Å². The van der Waals surface area contributed by atoms with E-state index in [1.54, 1.807) is 0 Å². The predicted octanol–water partition coefficient (Wildman–Crippen LogP) is -1.16. The Kier molecular flexibility index (Phi) is 11.3. The summed E-state index contributed by atoms with van der Waals surface area (Å²) in [4.78, 5) is 29.3. The molecule has 0 fully saturated rings. The van der Waals surface area contributed by atoms with Crippen molar-refractivity contribution < 1.29 is 39.5 Å². The van der Waals surface area contributed by atoms with E-state index < -0.39 is 24.0 Å². The van der Waals surface area contributed by atoms with E-state index in [9.17, 15) is 14.4 Å². The molecule has 0 heterocycles. The first-order valence-corrected chi connectivity index (χ1v) is 4.65. The number of aliphatic carboxylic acids is 2. The Balaban J connectivity index is 0. The number of carboxylic acids is 2. The zero-order valence-corrected chi connectivity index (χ0v) is 9.33. The van der Waals surface area contributed by atoms with Crippen molar-refractivity contribution in [2.75, 3.05) is 13.2 Å². The van der Waals surface area contributed by atoms with Gasteiger partial charge in [-0.15, -0.1) is 0 Å². The minimum absolute atomic E-state index is 0.133. The van der Waals surface area contributed by atoms with E-state index in [0.717, 1.165) is 0 Å². The number of esters is 1. The Hall–Kier alpha value is -1.67. The second-order valence-electron chi connectivity index (χ2n) is 2.93. The van der Waals surface area contributed by atoms with Gasteiger partial charge in [0.25, 0.3) is 0 Å². The number of ether oxygens (including phenoxy) is 1. The lowest BCUT2D eigenvalue weighted by atomic mass is 10.3. The smallest absolute Gasteiger partial charge is 0.303 e. The molecule has 0 saturated carbocycles. The fraction of sp³-hybridized carbons (Fsp3) is 0.667. The Morgan fingerprint density at radius 3 is 1.76 bits per heavy atom. The average Bonchev–Trinajstić information content (AvgIpc) is 2.23. The molecule has 0 aliphatic carbocycles. The number of carboxylic acid groups (broad SMARTS) is 2. The van der Waals surface area contributed by atoms with Crippen LogP contribution in [0.25, 0.3) is 0 Å². The number of carbonyl (C=O) groups is 3. The fourth-order valence-corrected chi connectivity index (χ4v) is 0.480. The molecule has 8 heteroatoms. The second-order valence-corrected chi connectivity index (χ2v) is 2.93. The fourth-order valence-electron chi connectivity index (χ4n) is 0.480. The van der Waals surface area contributed by atoms with Crippen molar-refractivity contribution in [2.24, 2.45) is 0 Å². The molecule has 0 aromatic heterocycles. The molecule has 0 aliphatic rings. The molecule has 1 unspecified atom stereocenters. The third-order valence-electron chi connectivity index (χ3n) is 1.24. The molecular formula is C9H16O8. The maximum atomic E-state index is 10.0. The van der Waals surface area contributed by atoms with Crippen molar-refractivity contribution in [3.8, 4) is 0 Å². The Morgan fingerprint density at radius 2 is 1.53 bits per heavy atom. The zero-order valence-electron chi connectivity index (χ0n) is 9.33. The highest BCUT2D eigenvalue weighted by Crippen LogP contribution is 1.86. The average molecular weight is 252 g/mol. The van der Waals surface area contributed by atoms with Gasteiger partial charge in [0.05, 0.1) is 19.4 Å². The maximum absolute atomic E-state index is 10.0. The van der Waals surface area contributed by atoms with Crippen LogP contribution in [0.2, 0.25) is 0 Å². The monoisotopic (exact) mass is 252 g/mol. The van der Waals surface area contributed by atoms with Gasteiger partial charge in [0.1, 0.15) is 12.7 Å². The molecule has 0 aromatic carbocycles. The standard InChI is InChI=1S/C5H10O4.C4H6O4/c1-4(7)9-3-5(8)2-6;5-3(6)1-2-4(7)8/h5-6,8H,2-3H2,1H3;1-2H2,(H,5,6)(H,7,8). The number of hydrogen-bond acceptors (Lipinski definition) is 6. The second kappa shape index (κ2) is 10.8. The van der Waals surface area contributed by atoms with Gasteiger partial charge in [-0.25, -0.2) is 0 Å². The summed E-state index contributed by atoms with van der Waals surface area (Å²) in [5.41, 5.74) is 0. The first-order chi connectivity index (χ1) is 7.79. The van der Waals surface area contributed by atoms with Crippen LogP contribution in [0.4, 0.5) is 0 Å². The van der Waals surface area contributed by atoms with Gasteiger partial charge in [-0.3, -0.25) is 14.4 Å². The van der Waals surface area contributed by atoms with Crippen LogP contribution in [-0.2, 0) is 19.1 Å². The first kappa shape index (κ1) is 17.7. The van der Waals surface area contributed by atoms with E-state index in [2.05, 4.69) is 4.74 Å². The third-order valence-corrected chi connectivity index (χ3v) is 1.24. The molecule has 0 saturated heterocycles. The Labute approximate surface area is 97.4 Å². The maximum Gasteiger partial charge on any atom is 0.303 e. The Bertz CT molecular complexity index is 235. The number of aliphatic hydroxyl groups excluding tert-OH is 2. The normalized spacial score (nSPS) is 10.8. The van der Waals surface area contributed by atoms with Crippen molar-refractivity contribution in [3.63, 3.8) is 0 Å². The van der Waals surface area contributed by atoms with Crippen LogP contribution in [0.15, 0.2) is 0 Å². The molecule has 0 radical (unpaired) electrons. The summed E-state index contributed by atoms with van der Waals surface area (Å²) < 4.78 is 4.35. The quantitative estimate of drug-likeness (QED) is 0.433. The van der Waals surface area contributed by atoms with Crippen LogP contribution in [0.1, 0.15) is 19.8 Å². The third kappa shape index (κ3) is 20.4. The van der Waals surface area contributed by atoms with E-state index >= 15 is 0 Å². The molecule has 0 aromatic rings. The van der Waals surface area contributed by atoms with Crippen molar-refractivity contribution in [1.82, 2.24) is 0 Å². The number of hydrogen-bond donors (Lipinski definition) is 4. The summed E-state index contributed by atoms with van der Waals surface area (Å²) in [6, 6.07) is 0. The van der Waals surface area contributed by atoms with Gasteiger partial charge in [-0.05, 0) is 0 Å². The summed E-state index contributed by atoms with van der Waals surface area (Å²) in [5, 5.41) is 32.6. The van der Waals surface area contributed by atoms with Gasteiger partial charge >= 0.3 is 17.9 Å². The summed E-state index contributed by atoms with van der Waals surface area (Å²) in [6.45, 7) is 0.725. The van der Waals surface area contributed by atoms with Gasteiger partial charge in [0, 0.05) is 6.92 Å². The van der Waals surface area contributed by atoms with Gasteiger partial charge in [-0.2, -0.15) is 0 Å². The summed E-state index contributed by atoms with van der Waals surface area (Å²) in [6.07, 6.45) is -1.54. The van der Waals surface area contributed by atoms with Crippen molar-refractivity contribution in [1.29, 1.82) is 0 Å². The van der Waals surface area contributed by atoms with E-state index in [4.69, 9.17) is 20.4 Å². The highest BCUT2D eigenvalue weighted by atomic mass is 16.5. The highest BCUT2D eigenvalue weighted by molar-refractivity contribution is 5.75. The molecule has 0 spiro atoms. The van der Waals surface area contributed by atoms with Crippen LogP contribution in [0, 0.1) is 0 Å². The molecular weight excluding hydrogens is 236 g/mol. The lowest BCUT2D eigenvalue weighted by Crippen LogP contribution is -2.20. The Morgan fingerprint density at radius 1 is 1.12 bits per heavy atom. The summed E-state index contributed by atoms with van der Waals surface area (Å²) in [5.74, 6) is -2.61. The molecule has 0 rings (SSSR count). The van der Waals surface area contributed by atoms with E-state index in [1.807, 2.05) is 0 Å². The molecule has 17 heavy (non-hydrogen) atoms. The molecule has 4 N–H and O–H groups in total. The molecule has 0 amide bonds. The lowest BCUT2D eigenvalue weighted by molar-refractivity contribution is -0.144. The first-order valence-electron chi connectivity index (χ1n) is 4.65. The number of aliphatic hydroxyl groups is 2.